The fourth-order valence-electron chi connectivity index (χ4n) is 2.98. The van der Waals surface area contributed by atoms with Gasteiger partial charge < -0.3 is 20.3 Å². The minimum Gasteiger partial charge on any atom is -0.479 e. The summed E-state index contributed by atoms with van der Waals surface area (Å²) in [7, 11) is 0. The molecule has 1 heterocycles. The van der Waals surface area contributed by atoms with E-state index in [4.69, 9.17) is 9.84 Å². The van der Waals surface area contributed by atoms with Crippen LogP contribution >= 0.6 is 0 Å². The molecule has 2 atom stereocenters. The Labute approximate surface area is 114 Å². The SMILES string of the molecule is CC1CCC(O)(CNCC2CCC(C(=O)O)O2)CC1. The summed E-state index contributed by atoms with van der Waals surface area (Å²) in [5, 5.41) is 22.5. The van der Waals surface area contributed by atoms with Crippen molar-refractivity contribution < 1.29 is 19.7 Å². The first kappa shape index (κ1) is 14.8. The molecule has 0 bridgehead atoms. The van der Waals surface area contributed by atoms with Crippen LogP contribution in [-0.4, -0.2) is 47.1 Å². The molecule has 2 fully saturated rings. The standard InChI is InChI=1S/C14H25NO4/c1-10-4-6-14(18,7-5-10)9-15-8-11-2-3-12(19-11)13(16)17/h10-12,15,18H,2-9H2,1H3,(H,16,17). The number of aliphatic carboxylic acids is 1. The summed E-state index contributed by atoms with van der Waals surface area (Å²) in [6.07, 6.45) is 4.55. The molecule has 0 aromatic heterocycles. The van der Waals surface area contributed by atoms with Crippen LogP contribution in [0.15, 0.2) is 0 Å². The molecule has 2 unspecified atom stereocenters. The quantitative estimate of drug-likeness (QED) is 0.699. The van der Waals surface area contributed by atoms with E-state index < -0.39 is 17.7 Å². The number of rotatable bonds is 5. The fraction of sp³-hybridized carbons (Fsp3) is 0.929. The summed E-state index contributed by atoms with van der Waals surface area (Å²) in [5.41, 5.74) is -0.586. The monoisotopic (exact) mass is 271 g/mol. The molecule has 0 amide bonds. The lowest BCUT2D eigenvalue weighted by molar-refractivity contribution is -0.149. The summed E-state index contributed by atoms with van der Waals surface area (Å²) in [6, 6.07) is 0. The summed E-state index contributed by atoms with van der Waals surface area (Å²) in [6.45, 7) is 3.43. The van der Waals surface area contributed by atoms with Crippen molar-refractivity contribution in [2.75, 3.05) is 13.1 Å². The molecule has 1 saturated carbocycles. The smallest absolute Gasteiger partial charge is 0.332 e. The normalized spacial score (nSPS) is 39.4. The van der Waals surface area contributed by atoms with Crippen molar-refractivity contribution in [3.8, 4) is 0 Å². The highest BCUT2D eigenvalue weighted by atomic mass is 16.5. The van der Waals surface area contributed by atoms with Crippen molar-refractivity contribution in [3.63, 3.8) is 0 Å². The first-order valence-corrected chi connectivity index (χ1v) is 7.30. The first-order chi connectivity index (χ1) is 8.98. The van der Waals surface area contributed by atoms with Crippen molar-refractivity contribution >= 4 is 5.97 Å². The average Bonchev–Trinajstić information content (AvgIpc) is 2.82. The van der Waals surface area contributed by atoms with Crippen LogP contribution in [0.2, 0.25) is 0 Å². The molecule has 0 spiro atoms. The number of nitrogens with one attached hydrogen (secondary N) is 1. The predicted octanol–water partition coefficient (Wildman–Crippen LogP) is 1.15. The van der Waals surface area contributed by atoms with Crippen molar-refractivity contribution in [1.82, 2.24) is 5.32 Å². The Hall–Kier alpha value is -0.650. The zero-order valence-electron chi connectivity index (χ0n) is 11.6. The van der Waals surface area contributed by atoms with Crippen LogP contribution in [0.5, 0.6) is 0 Å². The predicted molar refractivity (Wildman–Crippen MR) is 71.0 cm³/mol. The number of ether oxygens (including phenoxy) is 1. The van der Waals surface area contributed by atoms with E-state index in [2.05, 4.69) is 12.2 Å². The summed E-state index contributed by atoms with van der Waals surface area (Å²) < 4.78 is 5.42. The Morgan fingerprint density at radius 3 is 2.58 bits per heavy atom. The lowest BCUT2D eigenvalue weighted by atomic mass is 9.79. The number of hydrogen-bond acceptors (Lipinski definition) is 4. The highest BCUT2D eigenvalue weighted by Gasteiger charge is 2.33. The Balaban J connectivity index is 1.65. The van der Waals surface area contributed by atoms with Gasteiger partial charge in [-0.2, -0.15) is 0 Å². The maximum atomic E-state index is 10.8. The second kappa shape index (κ2) is 6.20. The zero-order valence-corrected chi connectivity index (χ0v) is 11.6. The van der Waals surface area contributed by atoms with Gasteiger partial charge in [-0.15, -0.1) is 0 Å². The lowest BCUT2D eigenvalue weighted by Gasteiger charge is -2.35. The molecule has 1 aliphatic carbocycles. The van der Waals surface area contributed by atoms with Gasteiger partial charge in [0, 0.05) is 13.1 Å². The summed E-state index contributed by atoms with van der Waals surface area (Å²) in [4.78, 5) is 10.8. The van der Waals surface area contributed by atoms with Crippen LogP contribution in [0.4, 0.5) is 0 Å². The van der Waals surface area contributed by atoms with Gasteiger partial charge in [-0.05, 0) is 44.4 Å². The third-order valence-corrected chi connectivity index (χ3v) is 4.41. The third kappa shape index (κ3) is 4.16. The van der Waals surface area contributed by atoms with Crippen LogP contribution in [0.1, 0.15) is 45.4 Å². The van der Waals surface area contributed by atoms with Crippen LogP contribution in [0.25, 0.3) is 0 Å². The Kier molecular flexibility index (Phi) is 4.81. The van der Waals surface area contributed by atoms with Crippen LogP contribution in [0, 0.1) is 5.92 Å². The van der Waals surface area contributed by atoms with E-state index in [1.165, 1.54) is 0 Å². The summed E-state index contributed by atoms with van der Waals surface area (Å²) >= 11 is 0. The van der Waals surface area contributed by atoms with Gasteiger partial charge in [0.05, 0.1) is 11.7 Å². The number of carboxylic acids is 1. The fourth-order valence-corrected chi connectivity index (χ4v) is 2.98. The van der Waals surface area contributed by atoms with Crippen molar-refractivity contribution in [2.45, 2.75) is 63.3 Å². The third-order valence-electron chi connectivity index (χ3n) is 4.41. The Morgan fingerprint density at radius 2 is 2.00 bits per heavy atom. The van der Waals surface area contributed by atoms with E-state index in [-0.39, 0.29) is 6.10 Å². The van der Waals surface area contributed by atoms with Gasteiger partial charge in [-0.3, -0.25) is 0 Å². The topological polar surface area (TPSA) is 78.8 Å². The molecule has 3 N–H and O–H groups in total. The van der Waals surface area contributed by atoms with Gasteiger partial charge in [0.25, 0.3) is 0 Å². The van der Waals surface area contributed by atoms with E-state index >= 15 is 0 Å². The largest absolute Gasteiger partial charge is 0.479 e. The maximum Gasteiger partial charge on any atom is 0.332 e. The molecule has 1 aliphatic heterocycles. The van der Waals surface area contributed by atoms with Gasteiger partial charge in [0.1, 0.15) is 0 Å². The van der Waals surface area contributed by atoms with Crippen molar-refractivity contribution in [1.29, 1.82) is 0 Å². The van der Waals surface area contributed by atoms with Gasteiger partial charge in [0.15, 0.2) is 6.10 Å². The molecule has 2 rings (SSSR count). The van der Waals surface area contributed by atoms with Crippen molar-refractivity contribution in [2.24, 2.45) is 5.92 Å². The first-order valence-electron chi connectivity index (χ1n) is 7.30. The molecule has 2 aliphatic rings. The number of hydrogen-bond donors (Lipinski definition) is 3. The highest BCUT2D eigenvalue weighted by Crippen LogP contribution is 2.31. The summed E-state index contributed by atoms with van der Waals surface area (Å²) in [5.74, 6) is -0.155. The molecule has 0 aromatic rings. The molecule has 5 heteroatoms. The van der Waals surface area contributed by atoms with E-state index in [1.54, 1.807) is 0 Å². The minimum atomic E-state index is -0.873. The Bertz CT molecular complexity index is 313. The van der Waals surface area contributed by atoms with Crippen LogP contribution < -0.4 is 5.32 Å². The second-order valence-corrected chi connectivity index (χ2v) is 6.20. The average molecular weight is 271 g/mol. The van der Waals surface area contributed by atoms with Crippen LogP contribution in [-0.2, 0) is 9.53 Å². The maximum absolute atomic E-state index is 10.8. The molecule has 0 radical (unpaired) electrons. The van der Waals surface area contributed by atoms with E-state index in [9.17, 15) is 9.90 Å². The molecular formula is C14H25NO4. The zero-order chi connectivity index (χ0) is 13.9. The number of aliphatic hydroxyl groups is 1. The lowest BCUT2D eigenvalue weighted by Crippen LogP contribution is -2.45. The minimum absolute atomic E-state index is 0.0350. The molecule has 19 heavy (non-hydrogen) atoms. The van der Waals surface area contributed by atoms with E-state index in [0.717, 1.165) is 38.0 Å². The van der Waals surface area contributed by atoms with Gasteiger partial charge >= 0.3 is 5.97 Å². The molecule has 0 aromatic carbocycles. The van der Waals surface area contributed by atoms with E-state index in [1.807, 2.05) is 0 Å². The molecule has 5 nitrogen and oxygen atoms in total. The van der Waals surface area contributed by atoms with Gasteiger partial charge in [-0.1, -0.05) is 6.92 Å². The number of carboxylic acid groups (broad SMARTS) is 1. The van der Waals surface area contributed by atoms with E-state index in [0.29, 0.717) is 19.5 Å². The van der Waals surface area contributed by atoms with Gasteiger partial charge in [0.2, 0.25) is 0 Å². The van der Waals surface area contributed by atoms with Crippen LogP contribution in [0.3, 0.4) is 0 Å². The molecule has 110 valence electrons. The molecule has 1 saturated heterocycles. The highest BCUT2D eigenvalue weighted by molar-refractivity contribution is 5.72. The van der Waals surface area contributed by atoms with Gasteiger partial charge in [-0.25, -0.2) is 4.79 Å². The number of carbonyl (C=O) groups is 1. The molecular weight excluding hydrogens is 246 g/mol. The Morgan fingerprint density at radius 1 is 1.32 bits per heavy atom. The second-order valence-electron chi connectivity index (χ2n) is 6.20. The van der Waals surface area contributed by atoms with Crippen molar-refractivity contribution in [3.05, 3.63) is 0 Å².